The standard InChI is InChI=1S/C22H25ClN6O/c1-14(2)29(30)22-27-20(24-13-15-7-9-18(23)10-8-15)26-21(28-22)25-19-11-16-5-3-4-6-17(16)12-19/h3-10,14,19,30H,11-13H2,1-2H3,(H2,24,25,26,27,28). The summed E-state index contributed by atoms with van der Waals surface area (Å²) in [7, 11) is 0. The molecule has 1 aromatic heterocycles. The van der Waals surface area contributed by atoms with Crippen LogP contribution in [-0.4, -0.2) is 32.2 Å². The van der Waals surface area contributed by atoms with Crippen LogP contribution in [-0.2, 0) is 19.4 Å². The Labute approximate surface area is 181 Å². The van der Waals surface area contributed by atoms with Crippen LogP contribution in [0.1, 0.15) is 30.5 Å². The molecule has 3 N–H and O–H groups in total. The average Bonchev–Trinajstić information content (AvgIpc) is 3.14. The maximum atomic E-state index is 10.4. The quantitative estimate of drug-likeness (QED) is 0.487. The van der Waals surface area contributed by atoms with Gasteiger partial charge in [-0.3, -0.25) is 5.21 Å². The molecule has 0 atom stereocenters. The van der Waals surface area contributed by atoms with Crippen LogP contribution in [0.2, 0.25) is 5.02 Å². The number of hydrogen-bond donors (Lipinski definition) is 3. The number of rotatable bonds is 7. The summed E-state index contributed by atoms with van der Waals surface area (Å²) in [5, 5.41) is 18.7. The van der Waals surface area contributed by atoms with Crippen molar-refractivity contribution in [2.75, 3.05) is 15.7 Å². The molecule has 0 saturated carbocycles. The van der Waals surface area contributed by atoms with Crippen molar-refractivity contribution >= 4 is 29.4 Å². The Morgan fingerprint density at radius 1 is 1.00 bits per heavy atom. The zero-order chi connectivity index (χ0) is 21.1. The van der Waals surface area contributed by atoms with Gasteiger partial charge in [0.1, 0.15) is 0 Å². The molecular weight excluding hydrogens is 400 g/mol. The smallest absolute Gasteiger partial charge is 0.256 e. The normalized spacial score (nSPS) is 13.4. The van der Waals surface area contributed by atoms with Gasteiger partial charge in [0.15, 0.2) is 0 Å². The van der Waals surface area contributed by atoms with E-state index < -0.39 is 0 Å². The lowest BCUT2D eigenvalue weighted by molar-refractivity contribution is 0.222. The van der Waals surface area contributed by atoms with Crippen molar-refractivity contribution in [1.82, 2.24) is 15.0 Å². The Balaban J connectivity index is 1.52. The van der Waals surface area contributed by atoms with Gasteiger partial charge in [-0.25, -0.2) is 5.06 Å². The molecule has 0 aliphatic heterocycles. The number of anilines is 3. The molecule has 8 heteroatoms. The lowest BCUT2D eigenvalue weighted by atomic mass is 10.1. The Morgan fingerprint density at radius 3 is 2.27 bits per heavy atom. The summed E-state index contributed by atoms with van der Waals surface area (Å²) < 4.78 is 0. The van der Waals surface area contributed by atoms with Crippen molar-refractivity contribution in [2.24, 2.45) is 0 Å². The van der Waals surface area contributed by atoms with Gasteiger partial charge < -0.3 is 10.6 Å². The molecule has 0 fully saturated rings. The SMILES string of the molecule is CC(C)N(O)c1nc(NCc2ccc(Cl)cc2)nc(NC2Cc3ccccc3C2)n1. The highest BCUT2D eigenvalue weighted by Crippen LogP contribution is 2.24. The lowest BCUT2D eigenvalue weighted by Crippen LogP contribution is -2.30. The molecule has 30 heavy (non-hydrogen) atoms. The highest BCUT2D eigenvalue weighted by atomic mass is 35.5. The van der Waals surface area contributed by atoms with Crippen LogP contribution in [0.4, 0.5) is 17.8 Å². The number of hydrogen-bond acceptors (Lipinski definition) is 7. The molecule has 1 heterocycles. The van der Waals surface area contributed by atoms with E-state index in [-0.39, 0.29) is 18.0 Å². The van der Waals surface area contributed by atoms with Crippen LogP contribution in [0.25, 0.3) is 0 Å². The summed E-state index contributed by atoms with van der Waals surface area (Å²) in [6.45, 7) is 4.26. The minimum Gasteiger partial charge on any atom is -0.351 e. The van der Waals surface area contributed by atoms with E-state index in [1.165, 1.54) is 11.1 Å². The predicted molar refractivity (Wildman–Crippen MR) is 119 cm³/mol. The molecular formula is C22H25ClN6O. The molecule has 0 bridgehead atoms. The molecule has 0 spiro atoms. The first-order valence-corrected chi connectivity index (χ1v) is 10.4. The second kappa shape index (κ2) is 8.85. The van der Waals surface area contributed by atoms with Crippen molar-refractivity contribution in [3.05, 3.63) is 70.2 Å². The Morgan fingerprint density at radius 2 is 1.63 bits per heavy atom. The monoisotopic (exact) mass is 424 g/mol. The molecule has 7 nitrogen and oxygen atoms in total. The van der Waals surface area contributed by atoms with Gasteiger partial charge in [-0.1, -0.05) is 48.0 Å². The molecule has 4 rings (SSSR count). The van der Waals surface area contributed by atoms with Crippen molar-refractivity contribution in [1.29, 1.82) is 0 Å². The zero-order valence-corrected chi connectivity index (χ0v) is 17.8. The molecule has 0 radical (unpaired) electrons. The summed E-state index contributed by atoms with van der Waals surface area (Å²) in [6, 6.07) is 16.0. The second-order valence-electron chi connectivity index (χ2n) is 7.72. The van der Waals surface area contributed by atoms with Crippen LogP contribution < -0.4 is 15.7 Å². The highest BCUT2D eigenvalue weighted by Gasteiger charge is 2.23. The van der Waals surface area contributed by atoms with Gasteiger partial charge in [0, 0.05) is 17.6 Å². The van der Waals surface area contributed by atoms with E-state index in [1.807, 2.05) is 38.1 Å². The molecule has 2 aromatic carbocycles. The molecule has 0 amide bonds. The summed E-state index contributed by atoms with van der Waals surface area (Å²) in [5.74, 6) is 1.04. The minimum absolute atomic E-state index is 0.167. The van der Waals surface area contributed by atoms with Crippen molar-refractivity contribution in [3.8, 4) is 0 Å². The number of halogens is 1. The number of nitrogens with one attached hydrogen (secondary N) is 2. The number of nitrogens with zero attached hydrogens (tertiary/aromatic N) is 4. The zero-order valence-electron chi connectivity index (χ0n) is 17.0. The van der Waals surface area contributed by atoms with E-state index in [0.717, 1.165) is 23.5 Å². The summed E-state index contributed by atoms with van der Waals surface area (Å²) in [4.78, 5) is 13.3. The maximum Gasteiger partial charge on any atom is 0.256 e. The molecule has 3 aromatic rings. The first-order chi connectivity index (χ1) is 14.5. The van der Waals surface area contributed by atoms with E-state index in [1.54, 1.807) is 0 Å². The van der Waals surface area contributed by atoms with Gasteiger partial charge in [0.05, 0.1) is 6.04 Å². The van der Waals surface area contributed by atoms with E-state index >= 15 is 0 Å². The molecule has 0 saturated heterocycles. The Kier molecular flexibility index (Phi) is 6.01. The third-order valence-corrected chi connectivity index (χ3v) is 5.32. The summed E-state index contributed by atoms with van der Waals surface area (Å²) in [6.07, 6.45) is 1.83. The molecule has 1 aliphatic rings. The molecule has 156 valence electrons. The van der Waals surface area contributed by atoms with E-state index in [0.29, 0.717) is 23.5 Å². The number of hydroxylamine groups is 1. The first-order valence-electron chi connectivity index (χ1n) is 10.0. The fraction of sp³-hybridized carbons (Fsp3) is 0.318. The van der Waals surface area contributed by atoms with Crippen LogP contribution in [0.15, 0.2) is 48.5 Å². The fourth-order valence-electron chi connectivity index (χ4n) is 3.47. The van der Waals surface area contributed by atoms with Gasteiger partial charge in [-0.2, -0.15) is 15.0 Å². The van der Waals surface area contributed by atoms with E-state index in [2.05, 4.69) is 49.9 Å². The van der Waals surface area contributed by atoms with Crippen LogP contribution in [0.5, 0.6) is 0 Å². The second-order valence-corrected chi connectivity index (χ2v) is 8.16. The van der Waals surface area contributed by atoms with Gasteiger partial charge >= 0.3 is 0 Å². The van der Waals surface area contributed by atoms with Crippen LogP contribution in [0.3, 0.4) is 0 Å². The van der Waals surface area contributed by atoms with Crippen molar-refractivity contribution < 1.29 is 5.21 Å². The van der Waals surface area contributed by atoms with Gasteiger partial charge in [0.2, 0.25) is 11.9 Å². The Bertz CT molecular complexity index is 986. The third-order valence-electron chi connectivity index (χ3n) is 5.07. The number of fused-ring (bicyclic) bond motifs is 1. The number of aromatic nitrogens is 3. The fourth-order valence-corrected chi connectivity index (χ4v) is 3.59. The highest BCUT2D eigenvalue weighted by molar-refractivity contribution is 6.30. The van der Waals surface area contributed by atoms with Gasteiger partial charge in [0.25, 0.3) is 5.95 Å². The molecule has 1 aliphatic carbocycles. The van der Waals surface area contributed by atoms with Crippen LogP contribution >= 0.6 is 11.6 Å². The lowest BCUT2D eigenvalue weighted by Gasteiger charge is -2.21. The van der Waals surface area contributed by atoms with E-state index in [4.69, 9.17) is 11.6 Å². The summed E-state index contributed by atoms with van der Waals surface area (Å²) in [5.41, 5.74) is 3.74. The Hall–Kier alpha value is -2.90. The first kappa shape index (κ1) is 20.4. The maximum absolute atomic E-state index is 10.4. The minimum atomic E-state index is -0.167. The van der Waals surface area contributed by atoms with Gasteiger partial charge in [-0.15, -0.1) is 0 Å². The molecule has 0 unspecified atom stereocenters. The number of benzene rings is 2. The van der Waals surface area contributed by atoms with Crippen molar-refractivity contribution in [2.45, 2.75) is 45.3 Å². The summed E-state index contributed by atoms with van der Waals surface area (Å²) >= 11 is 5.95. The predicted octanol–water partition coefficient (Wildman–Crippen LogP) is 4.32. The van der Waals surface area contributed by atoms with E-state index in [9.17, 15) is 5.21 Å². The topological polar surface area (TPSA) is 86.2 Å². The van der Waals surface area contributed by atoms with Gasteiger partial charge in [-0.05, 0) is 55.5 Å². The average molecular weight is 425 g/mol. The van der Waals surface area contributed by atoms with Crippen LogP contribution in [0, 0.1) is 0 Å². The third kappa shape index (κ3) is 4.80. The largest absolute Gasteiger partial charge is 0.351 e. The van der Waals surface area contributed by atoms with Crippen molar-refractivity contribution in [3.63, 3.8) is 0 Å².